The number of rotatable bonds is 7. The van der Waals surface area contributed by atoms with Crippen LogP contribution in [0.1, 0.15) is 42.4 Å². The predicted molar refractivity (Wildman–Crippen MR) is 125 cm³/mol. The number of hydrogen-bond acceptors (Lipinski definition) is 7. The average Bonchev–Trinajstić information content (AvgIpc) is 3.22. The molecule has 5 N–H and O–H groups in total. The van der Waals surface area contributed by atoms with Gasteiger partial charge in [0.05, 0.1) is 19.4 Å². The molecule has 4 rings (SSSR count). The van der Waals surface area contributed by atoms with Crippen molar-refractivity contribution >= 4 is 17.2 Å². The fourth-order valence-electron chi connectivity index (χ4n) is 3.59. The molecule has 178 valence electrons. The molecule has 0 aliphatic carbocycles. The second kappa shape index (κ2) is 9.40. The summed E-state index contributed by atoms with van der Waals surface area (Å²) in [7, 11) is 1.54. The molecule has 0 spiro atoms. The number of aromatic nitrogens is 3. The number of nitrogen functional groups attached to an aromatic ring is 1. The summed E-state index contributed by atoms with van der Waals surface area (Å²) in [4.78, 5) is 15.3. The largest absolute Gasteiger partial charge is 0.493 e. The Bertz CT molecular complexity index is 1290. The zero-order valence-corrected chi connectivity index (χ0v) is 18.9. The van der Waals surface area contributed by atoms with E-state index in [1.54, 1.807) is 30.3 Å². The number of methoxy groups -OCH3 is 1. The van der Waals surface area contributed by atoms with Gasteiger partial charge in [0.25, 0.3) is 0 Å². The van der Waals surface area contributed by atoms with Gasteiger partial charge in [0.1, 0.15) is 17.7 Å². The van der Waals surface area contributed by atoms with Crippen molar-refractivity contribution in [1.29, 1.82) is 5.41 Å². The highest BCUT2D eigenvalue weighted by atomic mass is 19.1. The van der Waals surface area contributed by atoms with Crippen molar-refractivity contribution in [2.24, 2.45) is 5.73 Å². The van der Waals surface area contributed by atoms with E-state index in [9.17, 15) is 9.18 Å². The Labute approximate surface area is 194 Å². The normalized spacial score (nSPS) is 14.5. The molecule has 34 heavy (non-hydrogen) atoms. The third-order valence-corrected chi connectivity index (χ3v) is 5.48. The summed E-state index contributed by atoms with van der Waals surface area (Å²) in [5.41, 5.74) is 7.81. The number of nitrogens with two attached hydrogens (primary N) is 1. The lowest BCUT2D eigenvalue weighted by atomic mass is 10.0. The van der Waals surface area contributed by atoms with Gasteiger partial charge in [0.2, 0.25) is 0 Å². The molecule has 1 aliphatic heterocycles. The van der Waals surface area contributed by atoms with Crippen molar-refractivity contribution in [3.63, 3.8) is 0 Å². The summed E-state index contributed by atoms with van der Waals surface area (Å²) in [6.45, 7) is 3.18. The summed E-state index contributed by atoms with van der Waals surface area (Å²) < 4.78 is 31.3. The Hall–Kier alpha value is -4.12. The number of allylic oxidation sites excluding steroid dienone is 2. The second-order valence-corrected chi connectivity index (χ2v) is 7.74. The van der Waals surface area contributed by atoms with E-state index >= 15 is 0 Å². The van der Waals surface area contributed by atoms with Gasteiger partial charge < -0.3 is 25.3 Å². The van der Waals surface area contributed by atoms with Gasteiger partial charge in [-0.25, -0.2) is 9.18 Å². The lowest BCUT2D eigenvalue weighted by Gasteiger charge is -2.24. The molecule has 0 bridgehead atoms. The lowest BCUT2D eigenvalue weighted by molar-refractivity contribution is -0.0180. The number of aromatic amines is 1. The van der Waals surface area contributed by atoms with Crippen molar-refractivity contribution in [2.75, 3.05) is 19.2 Å². The number of nitrogens with zero attached hydrogens (tertiary/aromatic N) is 2. The van der Waals surface area contributed by atoms with Crippen LogP contribution in [0, 0.1) is 5.41 Å². The molecule has 1 aromatic heterocycles. The summed E-state index contributed by atoms with van der Waals surface area (Å²) in [6, 6.07) is 9.95. The van der Waals surface area contributed by atoms with Gasteiger partial charge in [-0.05, 0) is 55.8 Å². The van der Waals surface area contributed by atoms with Gasteiger partial charge in [0, 0.05) is 16.8 Å². The van der Waals surface area contributed by atoms with Crippen LogP contribution in [0.3, 0.4) is 0 Å². The SMILES string of the molecule is COc1cc(C(Nc2ccc(C(=N)N)cc2)c2nn(/C(C)=C(/C)F)c(=O)[nH]2)cc2c1OCOC2. The molecule has 3 aromatic rings. The molecular weight excluding hydrogens is 443 g/mol. The van der Waals surface area contributed by atoms with Crippen molar-refractivity contribution in [1.82, 2.24) is 14.8 Å². The molecule has 0 radical (unpaired) electrons. The maximum absolute atomic E-state index is 13.8. The topological polar surface area (TPSA) is 140 Å². The summed E-state index contributed by atoms with van der Waals surface area (Å²) >= 11 is 0. The first-order chi connectivity index (χ1) is 16.3. The smallest absolute Gasteiger partial charge is 0.347 e. The number of H-pyrrole nitrogens is 1. The van der Waals surface area contributed by atoms with Crippen molar-refractivity contribution in [2.45, 2.75) is 26.5 Å². The Morgan fingerprint density at radius 3 is 2.71 bits per heavy atom. The van der Waals surface area contributed by atoms with Crippen molar-refractivity contribution in [3.8, 4) is 11.5 Å². The maximum atomic E-state index is 13.8. The monoisotopic (exact) mass is 468 g/mol. The summed E-state index contributed by atoms with van der Waals surface area (Å²) in [5.74, 6) is 0.796. The molecule has 11 heteroatoms. The number of anilines is 1. The number of benzene rings is 2. The zero-order valence-electron chi connectivity index (χ0n) is 18.9. The van der Waals surface area contributed by atoms with Gasteiger partial charge in [-0.3, -0.25) is 10.4 Å². The number of nitrogens with one attached hydrogen (secondary N) is 3. The molecule has 0 saturated heterocycles. The number of halogens is 1. The fraction of sp³-hybridized carbons (Fsp3) is 0.261. The highest BCUT2D eigenvalue weighted by Gasteiger charge is 2.25. The molecule has 0 amide bonds. The van der Waals surface area contributed by atoms with E-state index in [0.717, 1.165) is 10.2 Å². The highest BCUT2D eigenvalue weighted by Crippen LogP contribution is 2.38. The van der Waals surface area contributed by atoms with E-state index in [-0.39, 0.29) is 24.2 Å². The van der Waals surface area contributed by atoms with E-state index in [4.69, 9.17) is 25.4 Å². The second-order valence-electron chi connectivity index (χ2n) is 7.74. The van der Waals surface area contributed by atoms with Gasteiger partial charge in [-0.2, -0.15) is 4.68 Å². The minimum absolute atomic E-state index is 0.0468. The Kier molecular flexibility index (Phi) is 6.37. The summed E-state index contributed by atoms with van der Waals surface area (Å²) in [6.07, 6.45) is 0. The average molecular weight is 468 g/mol. The fourth-order valence-corrected chi connectivity index (χ4v) is 3.59. The van der Waals surface area contributed by atoms with Gasteiger partial charge >= 0.3 is 5.69 Å². The first-order valence-electron chi connectivity index (χ1n) is 10.4. The quantitative estimate of drug-likeness (QED) is 0.308. The first kappa shape index (κ1) is 23.1. The highest BCUT2D eigenvalue weighted by molar-refractivity contribution is 5.95. The van der Waals surface area contributed by atoms with Crippen LogP contribution in [0.15, 0.2) is 47.0 Å². The Balaban J connectivity index is 1.82. The number of hydrogen-bond donors (Lipinski definition) is 4. The minimum atomic E-state index is -0.647. The minimum Gasteiger partial charge on any atom is -0.493 e. The number of amidine groups is 1. The van der Waals surface area contributed by atoms with Crippen LogP contribution in [0.2, 0.25) is 0 Å². The van der Waals surface area contributed by atoms with E-state index in [0.29, 0.717) is 34.9 Å². The van der Waals surface area contributed by atoms with E-state index < -0.39 is 17.6 Å². The molecule has 1 atom stereocenters. The third kappa shape index (κ3) is 4.50. The van der Waals surface area contributed by atoms with Crippen LogP contribution in [0.5, 0.6) is 11.5 Å². The van der Waals surface area contributed by atoms with Crippen LogP contribution in [0.25, 0.3) is 5.70 Å². The molecular formula is C23H25FN6O4. The lowest BCUT2D eigenvalue weighted by Crippen LogP contribution is -2.18. The van der Waals surface area contributed by atoms with Crippen LogP contribution in [0.4, 0.5) is 10.1 Å². The molecule has 0 fully saturated rings. The van der Waals surface area contributed by atoms with Crippen LogP contribution in [-0.4, -0.2) is 34.5 Å². The Morgan fingerprint density at radius 2 is 2.06 bits per heavy atom. The molecule has 1 aliphatic rings. The van der Waals surface area contributed by atoms with E-state index in [1.165, 1.54) is 21.0 Å². The van der Waals surface area contributed by atoms with Crippen LogP contribution in [-0.2, 0) is 11.3 Å². The third-order valence-electron chi connectivity index (χ3n) is 5.48. The van der Waals surface area contributed by atoms with Gasteiger partial charge in [-0.1, -0.05) is 0 Å². The number of ether oxygens (including phenoxy) is 3. The number of fused-ring (bicyclic) bond motifs is 1. The molecule has 2 aromatic carbocycles. The van der Waals surface area contributed by atoms with Crippen LogP contribution >= 0.6 is 0 Å². The van der Waals surface area contributed by atoms with E-state index in [2.05, 4.69) is 15.4 Å². The molecule has 2 heterocycles. The van der Waals surface area contributed by atoms with E-state index in [1.807, 2.05) is 6.07 Å². The molecule has 0 saturated carbocycles. The molecule has 10 nitrogen and oxygen atoms in total. The zero-order chi connectivity index (χ0) is 24.4. The standard InChI is InChI=1S/C23H25FN6O4/c1-12(24)13(2)30-23(31)28-22(29-30)19(27-17-6-4-14(5-7-17)21(25)26)15-8-16-10-33-11-34-20(16)18(9-15)32-3/h4-9,19,27H,10-11H2,1-3H3,(H3,25,26)(H,28,29,31)/b13-12-. The van der Waals surface area contributed by atoms with Crippen LogP contribution < -0.4 is 26.2 Å². The maximum Gasteiger partial charge on any atom is 0.347 e. The van der Waals surface area contributed by atoms with Gasteiger partial charge in [-0.15, -0.1) is 5.10 Å². The Morgan fingerprint density at radius 1 is 1.32 bits per heavy atom. The van der Waals surface area contributed by atoms with Gasteiger partial charge in [0.15, 0.2) is 24.1 Å². The first-order valence-corrected chi connectivity index (χ1v) is 10.4. The predicted octanol–water partition coefficient (Wildman–Crippen LogP) is 3.11. The summed E-state index contributed by atoms with van der Waals surface area (Å²) in [5, 5.41) is 15.3. The van der Waals surface area contributed by atoms with Crippen molar-refractivity contribution in [3.05, 3.63) is 75.2 Å². The van der Waals surface area contributed by atoms with Crippen molar-refractivity contribution < 1.29 is 18.6 Å². The molecule has 1 unspecified atom stereocenters.